The second-order valence-corrected chi connectivity index (χ2v) is 5.44. The van der Waals surface area contributed by atoms with Crippen molar-refractivity contribution in [1.29, 1.82) is 0 Å². The predicted octanol–water partition coefficient (Wildman–Crippen LogP) is 3.08. The molecule has 3 heteroatoms. The molecule has 3 unspecified atom stereocenters. The number of aryl methyl sites for hydroxylation is 1. The molecule has 0 saturated carbocycles. The minimum atomic E-state index is -0.148. The van der Waals surface area contributed by atoms with Crippen molar-refractivity contribution >= 4 is 0 Å². The van der Waals surface area contributed by atoms with E-state index in [0.717, 1.165) is 37.0 Å². The normalized spacial score (nSPS) is 24.6. The fourth-order valence-corrected chi connectivity index (χ4v) is 3.11. The fourth-order valence-electron chi connectivity index (χ4n) is 3.11. The highest BCUT2D eigenvalue weighted by molar-refractivity contribution is 5.27. The number of hydrogen-bond donors (Lipinski definition) is 1. The minimum absolute atomic E-state index is 0.148. The monoisotopic (exact) mass is 265 g/mol. The Morgan fingerprint density at radius 1 is 1.47 bits per heavy atom. The molecule has 1 fully saturated rings. The average Bonchev–Trinajstić information content (AvgIpc) is 2.88. The van der Waals surface area contributed by atoms with E-state index in [2.05, 4.69) is 12.2 Å². The zero-order valence-electron chi connectivity index (χ0n) is 12.1. The Kier molecular flexibility index (Phi) is 4.94. The van der Waals surface area contributed by atoms with Crippen LogP contribution in [-0.4, -0.2) is 25.8 Å². The van der Waals surface area contributed by atoms with Crippen LogP contribution in [0.1, 0.15) is 30.9 Å². The third kappa shape index (κ3) is 3.34. The number of nitrogens with one attached hydrogen (secondary N) is 1. The number of hydrogen-bond acceptors (Lipinski definition) is 2. The first kappa shape index (κ1) is 14.5. The quantitative estimate of drug-likeness (QED) is 0.883. The van der Waals surface area contributed by atoms with Gasteiger partial charge in [-0.15, -0.1) is 0 Å². The summed E-state index contributed by atoms with van der Waals surface area (Å²) in [6.45, 7) is 5.07. The maximum Gasteiger partial charge on any atom is 0.123 e. The zero-order valence-corrected chi connectivity index (χ0v) is 12.1. The van der Waals surface area contributed by atoms with Crippen molar-refractivity contribution in [2.45, 2.75) is 45.3 Å². The van der Waals surface area contributed by atoms with E-state index in [1.807, 2.05) is 20.0 Å². The Hall–Kier alpha value is -0.930. The van der Waals surface area contributed by atoms with Gasteiger partial charge >= 0.3 is 0 Å². The first-order valence-corrected chi connectivity index (χ1v) is 7.19. The summed E-state index contributed by atoms with van der Waals surface area (Å²) in [7, 11) is 1.99. The molecule has 0 aliphatic carbocycles. The summed E-state index contributed by atoms with van der Waals surface area (Å²) < 4.78 is 19.2. The highest BCUT2D eigenvalue weighted by atomic mass is 19.1. The van der Waals surface area contributed by atoms with E-state index >= 15 is 0 Å². The molecule has 2 rings (SSSR count). The van der Waals surface area contributed by atoms with Gasteiger partial charge in [0.05, 0.1) is 6.10 Å². The molecule has 1 aromatic rings. The van der Waals surface area contributed by atoms with Crippen LogP contribution < -0.4 is 5.32 Å². The van der Waals surface area contributed by atoms with Crippen molar-refractivity contribution in [3.8, 4) is 0 Å². The van der Waals surface area contributed by atoms with Gasteiger partial charge in [-0.3, -0.25) is 0 Å². The highest BCUT2D eigenvalue weighted by Gasteiger charge is 2.33. The largest absolute Gasteiger partial charge is 0.378 e. The second-order valence-electron chi connectivity index (χ2n) is 5.44. The summed E-state index contributed by atoms with van der Waals surface area (Å²) in [6.07, 6.45) is 3.35. The topological polar surface area (TPSA) is 21.3 Å². The summed E-state index contributed by atoms with van der Waals surface area (Å²) in [5.74, 6) is 0.378. The number of benzene rings is 1. The lowest BCUT2D eigenvalue weighted by molar-refractivity contribution is 0.0783. The molecule has 1 heterocycles. The van der Waals surface area contributed by atoms with E-state index in [-0.39, 0.29) is 5.82 Å². The number of likely N-dealkylation sites (N-methyl/N-ethyl adjacent to an activating group) is 1. The molecular weight excluding hydrogens is 241 g/mol. The van der Waals surface area contributed by atoms with Crippen molar-refractivity contribution < 1.29 is 9.13 Å². The van der Waals surface area contributed by atoms with Crippen LogP contribution in [0.3, 0.4) is 0 Å². The van der Waals surface area contributed by atoms with Crippen LogP contribution in [0, 0.1) is 18.7 Å². The van der Waals surface area contributed by atoms with Crippen molar-refractivity contribution in [1.82, 2.24) is 5.32 Å². The molecule has 0 amide bonds. The maximum atomic E-state index is 13.4. The first-order valence-electron chi connectivity index (χ1n) is 7.19. The molecule has 2 nitrogen and oxygen atoms in total. The first-order chi connectivity index (χ1) is 9.15. The lowest BCUT2D eigenvalue weighted by Gasteiger charge is -2.27. The van der Waals surface area contributed by atoms with Crippen LogP contribution in [0.4, 0.5) is 4.39 Å². The van der Waals surface area contributed by atoms with Crippen LogP contribution in [0.15, 0.2) is 18.2 Å². The molecule has 0 spiro atoms. The molecule has 0 radical (unpaired) electrons. The zero-order chi connectivity index (χ0) is 13.8. The molecule has 19 heavy (non-hydrogen) atoms. The lowest BCUT2D eigenvalue weighted by Crippen LogP contribution is -2.39. The van der Waals surface area contributed by atoms with Gasteiger partial charge in [-0.2, -0.15) is 0 Å². The van der Waals surface area contributed by atoms with Gasteiger partial charge in [-0.25, -0.2) is 4.39 Å². The molecule has 106 valence electrons. The van der Waals surface area contributed by atoms with E-state index in [9.17, 15) is 4.39 Å². The van der Waals surface area contributed by atoms with E-state index in [0.29, 0.717) is 18.1 Å². The summed E-state index contributed by atoms with van der Waals surface area (Å²) in [6, 6.07) is 5.41. The Bertz CT molecular complexity index is 421. The van der Waals surface area contributed by atoms with Gasteiger partial charge in [0.2, 0.25) is 0 Å². The van der Waals surface area contributed by atoms with Crippen molar-refractivity contribution in [3.05, 3.63) is 35.1 Å². The van der Waals surface area contributed by atoms with Gasteiger partial charge in [0.25, 0.3) is 0 Å². The van der Waals surface area contributed by atoms with Gasteiger partial charge in [0, 0.05) is 18.6 Å². The Labute approximate surface area is 115 Å². The van der Waals surface area contributed by atoms with Gasteiger partial charge in [-0.1, -0.05) is 13.0 Å². The lowest BCUT2D eigenvalue weighted by atomic mass is 9.86. The van der Waals surface area contributed by atoms with E-state index in [1.165, 1.54) is 6.07 Å². The maximum absolute atomic E-state index is 13.4. The highest BCUT2D eigenvalue weighted by Crippen LogP contribution is 2.28. The standard InChI is InChI=1S/C16H24FNO/c1-4-16-14(7-8-19-16)15(18-3)10-12-9-13(17)6-5-11(12)2/h5-6,9,14-16,18H,4,7-8,10H2,1-3H3. The molecule has 1 N–H and O–H groups in total. The SMILES string of the molecule is CCC1OCCC1C(Cc1cc(F)ccc1C)NC. The van der Waals surface area contributed by atoms with Crippen molar-refractivity contribution in [3.63, 3.8) is 0 Å². The Balaban J connectivity index is 2.12. The number of ether oxygens (including phenoxy) is 1. The van der Waals surface area contributed by atoms with E-state index < -0.39 is 0 Å². The summed E-state index contributed by atoms with van der Waals surface area (Å²) in [5.41, 5.74) is 2.26. The molecule has 1 aromatic carbocycles. The third-order valence-corrected chi connectivity index (χ3v) is 4.30. The summed E-state index contributed by atoms with van der Waals surface area (Å²) >= 11 is 0. The van der Waals surface area contributed by atoms with E-state index in [1.54, 1.807) is 6.07 Å². The molecule has 1 saturated heterocycles. The molecule has 1 aliphatic heterocycles. The second kappa shape index (κ2) is 6.49. The van der Waals surface area contributed by atoms with Crippen LogP contribution in [-0.2, 0) is 11.2 Å². The smallest absolute Gasteiger partial charge is 0.123 e. The van der Waals surface area contributed by atoms with E-state index in [4.69, 9.17) is 4.74 Å². The third-order valence-electron chi connectivity index (χ3n) is 4.30. The van der Waals surface area contributed by atoms with Gasteiger partial charge in [-0.05, 0) is 56.5 Å². The minimum Gasteiger partial charge on any atom is -0.378 e. The van der Waals surface area contributed by atoms with Crippen LogP contribution in [0.25, 0.3) is 0 Å². The molecule has 0 bridgehead atoms. The van der Waals surface area contributed by atoms with Gasteiger partial charge in [0.15, 0.2) is 0 Å². The van der Waals surface area contributed by atoms with Gasteiger partial charge in [0.1, 0.15) is 5.82 Å². The molecule has 0 aromatic heterocycles. The molecular formula is C16H24FNO. The molecule has 3 atom stereocenters. The van der Waals surface area contributed by atoms with Crippen molar-refractivity contribution in [2.24, 2.45) is 5.92 Å². The average molecular weight is 265 g/mol. The summed E-state index contributed by atoms with van der Waals surface area (Å²) in [5, 5.41) is 3.40. The van der Waals surface area contributed by atoms with Crippen LogP contribution >= 0.6 is 0 Å². The van der Waals surface area contributed by atoms with Crippen LogP contribution in [0.5, 0.6) is 0 Å². The number of halogens is 1. The predicted molar refractivity (Wildman–Crippen MR) is 75.8 cm³/mol. The van der Waals surface area contributed by atoms with Crippen molar-refractivity contribution in [2.75, 3.05) is 13.7 Å². The fraction of sp³-hybridized carbons (Fsp3) is 0.625. The Morgan fingerprint density at radius 2 is 2.26 bits per heavy atom. The number of rotatable bonds is 5. The summed E-state index contributed by atoms with van der Waals surface area (Å²) in [4.78, 5) is 0. The van der Waals surface area contributed by atoms with Crippen LogP contribution in [0.2, 0.25) is 0 Å². The van der Waals surface area contributed by atoms with Gasteiger partial charge < -0.3 is 10.1 Å². The molecule has 1 aliphatic rings. The Morgan fingerprint density at radius 3 is 2.95 bits per heavy atom.